The van der Waals surface area contributed by atoms with E-state index in [0.717, 1.165) is 6.42 Å². The lowest BCUT2D eigenvalue weighted by Gasteiger charge is -2.09. The van der Waals surface area contributed by atoms with Crippen molar-refractivity contribution in [3.63, 3.8) is 0 Å². The molecule has 0 aromatic heterocycles. The second-order valence-corrected chi connectivity index (χ2v) is 2.80. The molecule has 1 atom stereocenters. The van der Waals surface area contributed by atoms with E-state index in [1.54, 1.807) is 0 Å². The fourth-order valence-electron chi connectivity index (χ4n) is 0.840. The Kier molecular flexibility index (Phi) is 4.17. The lowest BCUT2D eigenvalue weighted by Crippen LogP contribution is -2.20. The lowest BCUT2D eigenvalue weighted by atomic mass is 10.0. The average molecular weight is 125 g/mol. The minimum absolute atomic E-state index is 0.204. The molecular formula is C8H15N. The Morgan fingerprint density at radius 1 is 1.56 bits per heavy atom. The molecule has 0 aliphatic rings. The molecule has 52 valence electrons. The summed E-state index contributed by atoms with van der Waals surface area (Å²) in [5.74, 6) is 3.21. The predicted molar refractivity (Wildman–Crippen MR) is 40.9 cm³/mol. The van der Waals surface area contributed by atoms with Gasteiger partial charge in [-0.15, -0.1) is 12.3 Å². The molecule has 0 amide bonds. The zero-order valence-electron chi connectivity index (χ0n) is 6.22. The van der Waals surface area contributed by atoms with E-state index in [1.807, 2.05) is 0 Å². The van der Waals surface area contributed by atoms with Crippen molar-refractivity contribution in [2.45, 2.75) is 32.7 Å². The minimum Gasteiger partial charge on any atom is -0.327 e. The van der Waals surface area contributed by atoms with Gasteiger partial charge < -0.3 is 5.73 Å². The third-order valence-electron chi connectivity index (χ3n) is 1.15. The van der Waals surface area contributed by atoms with Gasteiger partial charge in [0.25, 0.3) is 0 Å². The highest BCUT2D eigenvalue weighted by atomic mass is 14.6. The van der Waals surface area contributed by atoms with E-state index in [0.29, 0.717) is 12.3 Å². The van der Waals surface area contributed by atoms with Gasteiger partial charge in [-0.1, -0.05) is 13.8 Å². The smallest absolute Gasteiger partial charge is 0.0238 e. The van der Waals surface area contributed by atoms with Crippen molar-refractivity contribution < 1.29 is 0 Å². The van der Waals surface area contributed by atoms with Crippen LogP contribution in [0.25, 0.3) is 0 Å². The van der Waals surface area contributed by atoms with Gasteiger partial charge in [0.2, 0.25) is 0 Å². The summed E-state index contributed by atoms with van der Waals surface area (Å²) in [4.78, 5) is 0. The summed E-state index contributed by atoms with van der Waals surface area (Å²) in [6.45, 7) is 4.30. The Balaban J connectivity index is 3.29. The molecular weight excluding hydrogens is 110 g/mol. The molecule has 0 aliphatic carbocycles. The van der Waals surface area contributed by atoms with Crippen LogP contribution in [-0.4, -0.2) is 6.04 Å². The number of hydrogen-bond acceptors (Lipinski definition) is 1. The third kappa shape index (κ3) is 5.39. The molecule has 0 aromatic rings. The fourth-order valence-corrected chi connectivity index (χ4v) is 0.840. The van der Waals surface area contributed by atoms with Crippen molar-refractivity contribution in [1.82, 2.24) is 0 Å². The van der Waals surface area contributed by atoms with E-state index in [1.165, 1.54) is 0 Å². The topological polar surface area (TPSA) is 26.0 Å². The first kappa shape index (κ1) is 8.52. The number of rotatable bonds is 3. The first-order chi connectivity index (χ1) is 4.16. The zero-order chi connectivity index (χ0) is 7.28. The molecule has 2 N–H and O–H groups in total. The van der Waals surface area contributed by atoms with Gasteiger partial charge in [-0.25, -0.2) is 0 Å². The second kappa shape index (κ2) is 4.40. The molecule has 9 heavy (non-hydrogen) atoms. The van der Waals surface area contributed by atoms with E-state index >= 15 is 0 Å². The Morgan fingerprint density at radius 2 is 2.11 bits per heavy atom. The summed E-state index contributed by atoms with van der Waals surface area (Å²) in [5.41, 5.74) is 5.64. The monoisotopic (exact) mass is 125 g/mol. The number of terminal acetylenes is 1. The molecule has 0 fully saturated rings. The van der Waals surface area contributed by atoms with Crippen molar-refractivity contribution in [3.8, 4) is 12.3 Å². The zero-order valence-corrected chi connectivity index (χ0v) is 6.22. The van der Waals surface area contributed by atoms with Crippen LogP contribution in [-0.2, 0) is 0 Å². The van der Waals surface area contributed by atoms with E-state index in [2.05, 4.69) is 19.8 Å². The molecule has 0 heterocycles. The number of hydrogen-bond donors (Lipinski definition) is 1. The summed E-state index contributed by atoms with van der Waals surface area (Å²) in [6, 6.07) is 0.204. The highest BCUT2D eigenvalue weighted by Gasteiger charge is 2.01. The van der Waals surface area contributed by atoms with Crippen molar-refractivity contribution >= 4 is 0 Å². The maximum absolute atomic E-state index is 5.64. The number of nitrogens with two attached hydrogens (primary N) is 1. The van der Waals surface area contributed by atoms with Gasteiger partial charge in [0, 0.05) is 12.5 Å². The second-order valence-electron chi connectivity index (χ2n) is 2.80. The normalized spacial score (nSPS) is 13.2. The molecule has 1 heteroatoms. The minimum atomic E-state index is 0.204. The molecule has 0 radical (unpaired) electrons. The van der Waals surface area contributed by atoms with E-state index < -0.39 is 0 Å². The molecule has 0 saturated heterocycles. The van der Waals surface area contributed by atoms with E-state index in [-0.39, 0.29) is 6.04 Å². The summed E-state index contributed by atoms with van der Waals surface area (Å²) in [7, 11) is 0. The Bertz CT molecular complexity index is 99.6. The van der Waals surface area contributed by atoms with Crippen LogP contribution in [0.5, 0.6) is 0 Å². The molecule has 0 bridgehead atoms. The van der Waals surface area contributed by atoms with Crippen LogP contribution in [0.15, 0.2) is 0 Å². The molecule has 1 unspecified atom stereocenters. The van der Waals surface area contributed by atoms with Gasteiger partial charge >= 0.3 is 0 Å². The standard InChI is InChI=1S/C8H15N/c1-4-5-8(9)6-7(2)3/h1,7-8H,5-6,9H2,2-3H3. The summed E-state index contributed by atoms with van der Waals surface area (Å²) < 4.78 is 0. The first-order valence-electron chi connectivity index (χ1n) is 3.36. The van der Waals surface area contributed by atoms with E-state index in [9.17, 15) is 0 Å². The lowest BCUT2D eigenvalue weighted by molar-refractivity contribution is 0.502. The van der Waals surface area contributed by atoms with Crippen LogP contribution in [0.1, 0.15) is 26.7 Å². The average Bonchev–Trinajstić information content (AvgIpc) is 1.63. The Labute approximate surface area is 57.6 Å². The van der Waals surface area contributed by atoms with Crippen molar-refractivity contribution in [2.24, 2.45) is 11.7 Å². The molecule has 1 nitrogen and oxygen atoms in total. The summed E-state index contributed by atoms with van der Waals surface area (Å²) in [5, 5.41) is 0. The summed E-state index contributed by atoms with van der Waals surface area (Å²) >= 11 is 0. The van der Waals surface area contributed by atoms with Crippen molar-refractivity contribution in [3.05, 3.63) is 0 Å². The van der Waals surface area contributed by atoms with Gasteiger partial charge in [-0.2, -0.15) is 0 Å². The van der Waals surface area contributed by atoms with Crippen LogP contribution in [0, 0.1) is 18.3 Å². The van der Waals surface area contributed by atoms with Crippen molar-refractivity contribution in [1.29, 1.82) is 0 Å². The molecule has 0 spiro atoms. The maximum atomic E-state index is 5.64. The van der Waals surface area contributed by atoms with Gasteiger partial charge in [0.15, 0.2) is 0 Å². The van der Waals surface area contributed by atoms with Crippen molar-refractivity contribution in [2.75, 3.05) is 0 Å². The maximum Gasteiger partial charge on any atom is 0.0238 e. The largest absolute Gasteiger partial charge is 0.327 e. The van der Waals surface area contributed by atoms with Gasteiger partial charge in [-0.05, 0) is 12.3 Å². The molecule has 0 aromatic carbocycles. The highest BCUT2D eigenvalue weighted by Crippen LogP contribution is 2.03. The van der Waals surface area contributed by atoms with Crippen LogP contribution in [0.2, 0.25) is 0 Å². The van der Waals surface area contributed by atoms with Crippen LogP contribution in [0.4, 0.5) is 0 Å². The predicted octanol–water partition coefficient (Wildman–Crippen LogP) is 1.38. The van der Waals surface area contributed by atoms with Crippen LogP contribution < -0.4 is 5.73 Å². The quantitative estimate of drug-likeness (QED) is 0.567. The van der Waals surface area contributed by atoms with Gasteiger partial charge in [-0.3, -0.25) is 0 Å². The fraction of sp³-hybridized carbons (Fsp3) is 0.750. The first-order valence-corrected chi connectivity index (χ1v) is 3.36. The SMILES string of the molecule is C#CCC(N)CC(C)C. The highest BCUT2D eigenvalue weighted by molar-refractivity contribution is 4.88. The van der Waals surface area contributed by atoms with Gasteiger partial charge in [0.1, 0.15) is 0 Å². The van der Waals surface area contributed by atoms with E-state index in [4.69, 9.17) is 12.2 Å². The van der Waals surface area contributed by atoms with Gasteiger partial charge in [0.05, 0.1) is 0 Å². The van der Waals surface area contributed by atoms with Crippen LogP contribution >= 0.6 is 0 Å². The Hall–Kier alpha value is -0.480. The van der Waals surface area contributed by atoms with Crippen LogP contribution in [0.3, 0.4) is 0 Å². The molecule has 0 aliphatic heterocycles. The molecule has 0 saturated carbocycles. The third-order valence-corrected chi connectivity index (χ3v) is 1.15. The summed E-state index contributed by atoms with van der Waals surface area (Å²) in [6.07, 6.45) is 6.81. The Morgan fingerprint density at radius 3 is 2.44 bits per heavy atom. The molecule has 0 rings (SSSR count).